The number of aliphatic hydroxyl groups excluding tert-OH is 4. The zero-order chi connectivity index (χ0) is 47.4. The Hall–Kier alpha value is -0.950. The Balaban J connectivity index is 3.52. The molecule has 0 aromatic carbocycles. The van der Waals surface area contributed by atoms with Gasteiger partial charge in [-0.05, 0) is 38.5 Å². The van der Waals surface area contributed by atoms with Crippen molar-refractivity contribution in [1.29, 1.82) is 0 Å². The van der Waals surface area contributed by atoms with Gasteiger partial charge in [0, 0.05) is 0 Å². The number of amides is 1. The number of unbranched alkanes of at least 4 members (excludes halogenated alkanes) is 44. The third-order valence-corrected chi connectivity index (χ3v) is 14.2. The molecule has 65 heavy (non-hydrogen) atoms. The predicted molar refractivity (Wildman–Crippen MR) is 284 cm³/mol. The Morgan fingerprint density at radius 1 is 0.369 bits per heavy atom. The number of nitrogens with one attached hydrogen (secondary N) is 1. The van der Waals surface area contributed by atoms with Gasteiger partial charge in [0.1, 0.15) is 12.2 Å². The van der Waals surface area contributed by atoms with Crippen LogP contribution in [0.25, 0.3) is 0 Å². The first-order valence-corrected chi connectivity index (χ1v) is 29.6. The summed E-state index contributed by atoms with van der Waals surface area (Å²) >= 11 is 0. The summed E-state index contributed by atoms with van der Waals surface area (Å²) in [5.41, 5.74) is 0. The molecule has 0 saturated carbocycles. The smallest absolute Gasteiger partial charge is 0.249 e. The first-order chi connectivity index (χ1) is 32.0. The van der Waals surface area contributed by atoms with Gasteiger partial charge >= 0.3 is 0 Å². The summed E-state index contributed by atoms with van der Waals surface area (Å²) in [6.07, 6.45) is 64.5. The van der Waals surface area contributed by atoms with Crippen LogP contribution in [0.15, 0.2) is 12.2 Å². The van der Waals surface area contributed by atoms with Crippen molar-refractivity contribution in [3.63, 3.8) is 0 Å². The fourth-order valence-corrected chi connectivity index (χ4v) is 9.59. The number of rotatable bonds is 55. The molecule has 0 aliphatic rings. The van der Waals surface area contributed by atoms with Gasteiger partial charge in [-0.1, -0.05) is 302 Å². The Morgan fingerprint density at radius 2 is 0.631 bits per heavy atom. The van der Waals surface area contributed by atoms with Crippen LogP contribution >= 0.6 is 0 Å². The first kappa shape index (κ1) is 64.0. The summed E-state index contributed by atoms with van der Waals surface area (Å²) in [6, 6.07) is -0.998. The maximum absolute atomic E-state index is 12.6. The van der Waals surface area contributed by atoms with Crippen molar-refractivity contribution < 1.29 is 25.2 Å². The highest BCUT2D eigenvalue weighted by atomic mass is 16.3. The van der Waals surface area contributed by atoms with Crippen LogP contribution in [-0.2, 0) is 4.79 Å². The van der Waals surface area contributed by atoms with E-state index in [0.29, 0.717) is 12.8 Å². The Labute approximate surface area is 406 Å². The van der Waals surface area contributed by atoms with Gasteiger partial charge in [-0.2, -0.15) is 0 Å². The fourth-order valence-electron chi connectivity index (χ4n) is 9.59. The van der Waals surface area contributed by atoms with E-state index in [1.54, 1.807) is 0 Å². The molecule has 0 aromatic rings. The first-order valence-electron chi connectivity index (χ1n) is 29.6. The number of hydrogen-bond donors (Lipinski definition) is 5. The molecule has 0 rings (SSSR count). The topological polar surface area (TPSA) is 110 Å². The molecule has 4 atom stereocenters. The highest BCUT2D eigenvalue weighted by Gasteiger charge is 2.28. The largest absolute Gasteiger partial charge is 0.394 e. The van der Waals surface area contributed by atoms with E-state index in [0.717, 1.165) is 38.5 Å². The van der Waals surface area contributed by atoms with E-state index in [1.165, 1.54) is 263 Å². The van der Waals surface area contributed by atoms with Crippen LogP contribution in [0.3, 0.4) is 0 Å². The number of carbonyl (C=O) groups excluding carboxylic acids is 1. The zero-order valence-electron chi connectivity index (χ0n) is 44.0. The molecular formula is C59H117NO5. The van der Waals surface area contributed by atoms with Gasteiger partial charge in [0.2, 0.25) is 5.91 Å². The summed E-state index contributed by atoms with van der Waals surface area (Å²) < 4.78 is 0. The number of allylic oxidation sites excluding steroid dienone is 2. The summed E-state index contributed by atoms with van der Waals surface area (Å²) in [7, 11) is 0. The SMILES string of the molecule is CCCCCCCCCCCC/C=C/CCCC(O)C(O)C(CO)NC(=O)C(O)CCCCCCCCCCCCCCCCCCCCCCCCCCCCCCCCCCCC. The summed E-state index contributed by atoms with van der Waals surface area (Å²) in [4.78, 5) is 12.6. The summed E-state index contributed by atoms with van der Waals surface area (Å²) in [5, 5.41) is 43.9. The van der Waals surface area contributed by atoms with Crippen molar-refractivity contribution >= 4 is 5.91 Å². The lowest BCUT2D eigenvalue weighted by Crippen LogP contribution is -2.53. The molecular weight excluding hydrogens is 803 g/mol. The normalized spacial score (nSPS) is 13.8. The van der Waals surface area contributed by atoms with Crippen LogP contribution in [0.5, 0.6) is 0 Å². The third-order valence-electron chi connectivity index (χ3n) is 14.2. The van der Waals surface area contributed by atoms with E-state index < -0.39 is 36.9 Å². The maximum Gasteiger partial charge on any atom is 0.249 e. The van der Waals surface area contributed by atoms with Crippen molar-refractivity contribution in [2.75, 3.05) is 6.61 Å². The molecule has 6 nitrogen and oxygen atoms in total. The van der Waals surface area contributed by atoms with Gasteiger partial charge in [-0.3, -0.25) is 4.79 Å². The van der Waals surface area contributed by atoms with E-state index in [9.17, 15) is 25.2 Å². The minimum absolute atomic E-state index is 0.369. The Kier molecular flexibility index (Phi) is 53.2. The zero-order valence-corrected chi connectivity index (χ0v) is 44.0. The minimum atomic E-state index is -1.28. The van der Waals surface area contributed by atoms with E-state index in [4.69, 9.17) is 0 Å². The number of aliphatic hydroxyl groups is 4. The molecule has 6 heteroatoms. The van der Waals surface area contributed by atoms with E-state index >= 15 is 0 Å². The number of carbonyl (C=O) groups is 1. The van der Waals surface area contributed by atoms with Gasteiger partial charge in [0.05, 0.1) is 18.8 Å². The van der Waals surface area contributed by atoms with Crippen LogP contribution < -0.4 is 5.32 Å². The van der Waals surface area contributed by atoms with Crippen LogP contribution in [0, 0.1) is 0 Å². The lowest BCUT2D eigenvalue weighted by atomic mass is 10.00. The van der Waals surface area contributed by atoms with Crippen molar-refractivity contribution in [3.05, 3.63) is 12.2 Å². The van der Waals surface area contributed by atoms with Gasteiger partial charge in [-0.15, -0.1) is 0 Å². The van der Waals surface area contributed by atoms with Crippen molar-refractivity contribution in [2.45, 2.75) is 353 Å². The molecule has 0 fully saturated rings. The van der Waals surface area contributed by atoms with Gasteiger partial charge in [0.15, 0.2) is 0 Å². The molecule has 0 spiro atoms. The molecule has 0 radical (unpaired) electrons. The molecule has 1 amide bonds. The fraction of sp³-hybridized carbons (Fsp3) is 0.949. The highest BCUT2D eigenvalue weighted by molar-refractivity contribution is 5.80. The molecule has 0 aromatic heterocycles. The van der Waals surface area contributed by atoms with Gasteiger partial charge < -0.3 is 25.7 Å². The molecule has 0 heterocycles. The molecule has 388 valence electrons. The van der Waals surface area contributed by atoms with Gasteiger partial charge in [0.25, 0.3) is 0 Å². The Bertz CT molecular complexity index is 944. The third kappa shape index (κ3) is 47.9. The molecule has 0 saturated heterocycles. The summed E-state index contributed by atoms with van der Waals surface area (Å²) in [5.74, 6) is -0.587. The van der Waals surface area contributed by atoms with Crippen LogP contribution in [0.1, 0.15) is 328 Å². The molecule has 5 N–H and O–H groups in total. The van der Waals surface area contributed by atoms with Gasteiger partial charge in [-0.25, -0.2) is 0 Å². The average molecular weight is 921 g/mol. The van der Waals surface area contributed by atoms with Crippen molar-refractivity contribution in [1.82, 2.24) is 5.32 Å². The lowest BCUT2D eigenvalue weighted by molar-refractivity contribution is -0.132. The van der Waals surface area contributed by atoms with Crippen molar-refractivity contribution in [3.8, 4) is 0 Å². The van der Waals surface area contributed by atoms with Crippen LogP contribution in [0.4, 0.5) is 0 Å². The lowest BCUT2D eigenvalue weighted by Gasteiger charge is -2.27. The molecule has 0 bridgehead atoms. The molecule has 4 unspecified atom stereocenters. The maximum atomic E-state index is 12.6. The second kappa shape index (κ2) is 54.0. The van der Waals surface area contributed by atoms with Crippen LogP contribution in [0.2, 0.25) is 0 Å². The van der Waals surface area contributed by atoms with Crippen molar-refractivity contribution in [2.24, 2.45) is 0 Å². The minimum Gasteiger partial charge on any atom is -0.394 e. The average Bonchev–Trinajstić information content (AvgIpc) is 3.31. The quantitative estimate of drug-likeness (QED) is 0.0308. The second-order valence-corrected chi connectivity index (χ2v) is 20.7. The number of hydrogen-bond acceptors (Lipinski definition) is 5. The molecule has 0 aliphatic heterocycles. The monoisotopic (exact) mass is 920 g/mol. The second-order valence-electron chi connectivity index (χ2n) is 20.7. The predicted octanol–water partition coefficient (Wildman–Crippen LogP) is 17.3. The van der Waals surface area contributed by atoms with E-state index in [-0.39, 0.29) is 0 Å². The van der Waals surface area contributed by atoms with E-state index in [1.807, 2.05) is 0 Å². The summed E-state index contributed by atoms with van der Waals surface area (Å²) in [6.45, 7) is 4.07. The van der Waals surface area contributed by atoms with Crippen LogP contribution in [-0.4, -0.2) is 57.3 Å². The highest BCUT2D eigenvalue weighted by Crippen LogP contribution is 2.19. The van der Waals surface area contributed by atoms with E-state index in [2.05, 4.69) is 31.3 Å². The standard InChI is InChI=1S/C59H117NO5/c1-3-5-7-9-11-13-15-17-19-20-21-22-23-24-25-26-27-28-29-30-31-32-33-34-35-36-37-39-41-43-45-47-49-51-53-57(63)59(65)60-55(54-61)58(64)56(62)52-50-48-46-44-42-40-38-18-16-14-12-10-8-6-4-2/h44,46,55-58,61-64H,3-43,45,47-54H2,1-2H3,(H,60,65)/b46-44+. The Morgan fingerprint density at radius 3 is 0.923 bits per heavy atom. The molecule has 0 aliphatic carbocycles.